The molecule has 1 saturated carbocycles. The Bertz CT molecular complexity index is 602. The normalized spacial score (nSPS) is 15.3. The zero-order valence-corrected chi connectivity index (χ0v) is 10.1. The molecule has 92 valence electrons. The van der Waals surface area contributed by atoms with Crippen LogP contribution in [0.15, 0.2) is 36.4 Å². The molecule has 2 aromatic carbocycles. The Morgan fingerprint density at radius 2 is 1.83 bits per heavy atom. The van der Waals surface area contributed by atoms with Crippen LogP contribution in [0.25, 0.3) is 10.8 Å². The highest BCUT2D eigenvalue weighted by atomic mass is 16.5. The minimum Gasteiger partial charge on any atom is -0.459 e. The van der Waals surface area contributed by atoms with E-state index in [4.69, 9.17) is 10.5 Å². The molecule has 0 bridgehead atoms. The minimum atomic E-state index is -0.303. The van der Waals surface area contributed by atoms with E-state index in [0.29, 0.717) is 11.3 Å². The van der Waals surface area contributed by atoms with E-state index in [1.54, 1.807) is 0 Å². The quantitative estimate of drug-likeness (QED) is 0.649. The summed E-state index contributed by atoms with van der Waals surface area (Å²) in [4.78, 5) is 12.0. The van der Waals surface area contributed by atoms with Gasteiger partial charge in [0.15, 0.2) is 0 Å². The van der Waals surface area contributed by atoms with Crippen molar-refractivity contribution in [1.29, 1.82) is 0 Å². The molecule has 0 aliphatic heterocycles. The molecule has 3 nitrogen and oxygen atoms in total. The van der Waals surface area contributed by atoms with E-state index >= 15 is 0 Å². The monoisotopic (exact) mass is 241 g/mol. The molecule has 0 aromatic heterocycles. The summed E-state index contributed by atoms with van der Waals surface area (Å²) in [6, 6.07) is 11.5. The molecule has 0 amide bonds. The highest BCUT2D eigenvalue weighted by Crippen LogP contribution is 2.26. The first-order valence-corrected chi connectivity index (χ1v) is 6.23. The lowest BCUT2D eigenvalue weighted by Gasteiger charge is -2.25. The molecule has 1 aliphatic rings. The van der Waals surface area contributed by atoms with E-state index in [-0.39, 0.29) is 12.1 Å². The van der Waals surface area contributed by atoms with Crippen LogP contribution in [0.2, 0.25) is 0 Å². The van der Waals surface area contributed by atoms with Gasteiger partial charge < -0.3 is 10.5 Å². The fourth-order valence-electron chi connectivity index (χ4n) is 2.14. The predicted octanol–water partition coefficient (Wildman–Crippen LogP) is 3.13. The van der Waals surface area contributed by atoms with Gasteiger partial charge in [0.2, 0.25) is 0 Å². The molecule has 0 spiro atoms. The van der Waals surface area contributed by atoms with E-state index < -0.39 is 0 Å². The molecule has 2 aromatic rings. The van der Waals surface area contributed by atoms with Gasteiger partial charge in [-0.1, -0.05) is 24.3 Å². The van der Waals surface area contributed by atoms with Crippen molar-refractivity contribution in [1.82, 2.24) is 0 Å². The largest absolute Gasteiger partial charge is 0.459 e. The van der Waals surface area contributed by atoms with Crippen molar-refractivity contribution < 1.29 is 9.53 Å². The van der Waals surface area contributed by atoms with Gasteiger partial charge in [-0.3, -0.25) is 0 Å². The number of fused-ring (bicyclic) bond motifs is 1. The van der Waals surface area contributed by atoms with Gasteiger partial charge in [-0.25, -0.2) is 4.79 Å². The van der Waals surface area contributed by atoms with Gasteiger partial charge in [0.25, 0.3) is 0 Å². The van der Waals surface area contributed by atoms with Crippen molar-refractivity contribution in [2.75, 3.05) is 5.73 Å². The van der Waals surface area contributed by atoms with Gasteiger partial charge in [0.05, 0.1) is 5.56 Å². The number of nitrogen functional groups attached to an aromatic ring is 1. The van der Waals surface area contributed by atoms with Crippen LogP contribution in [0, 0.1) is 0 Å². The highest BCUT2D eigenvalue weighted by molar-refractivity contribution is 6.01. The Balaban J connectivity index is 1.94. The van der Waals surface area contributed by atoms with Crippen LogP contribution in [0.4, 0.5) is 5.69 Å². The second-order valence-electron chi connectivity index (χ2n) is 4.74. The van der Waals surface area contributed by atoms with Crippen molar-refractivity contribution in [3.8, 4) is 0 Å². The summed E-state index contributed by atoms with van der Waals surface area (Å²) in [5.41, 5.74) is 6.88. The van der Waals surface area contributed by atoms with E-state index in [0.717, 1.165) is 30.0 Å². The zero-order valence-electron chi connectivity index (χ0n) is 10.1. The number of hydrogen-bond acceptors (Lipinski definition) is 3. The van der Waals surface area contributed by atoms with Crippen molar-refractivity contribution in [2.45, 2.75) is 25.4 Å². The van der Waals surface area contributed by atoms with Crippen LogP contribution in [0.1, 0.15) is 29.6 Å². The van der Waals surface area contributed by atoms with E-state index in [2.05, 4.69) is 0 Å². The smallest absolute Gasteiger partial charge is 0.340 e. The lowest BCUT2D eigenvalue weighted by atomic mass is 9.96. The van der Waals surface area contributed by atoms with Crippen LogP contribution < -0.4 is 5.73 Å². The van der Waals surface area contributed by atoms with Gasteiger partial charge in [-0.05, 0) is 42.2 Å². The fraction of sp³-hybridized carbons (Fsp3) is 0.267. The molecule has 0 unspecified atom stereocenters. The third-order valence-electron chi connectivity index (χ3n) is 3.46. The molecule has 2 N–H and O–H groups in total. The third kappa shape index (κ3) is 1.92. The molecular formula is C15H15NO2. The summed E-state index contributed by atoms with van der Waals surface area (Å²) >= 11 is 0. The zero-order chi connectivity index (χ0) is 12.5. The number of carbonyl (C=O) groups is 1. The molecule has 0 atom stereocenters. The average molecular weight is 241 g/mol. The van der Waals surface area contributed by atoms with Crippen LogP contribution >= 0.6 is 0 Å². The molecule has 0 saturated heterocycles. The number of hydrogen-bond donors (Lipinski definition) is 1. The van der Waals surface area contributed by atoms with Crippen LogP contribution in [0.5, 0.6) is 0 Å². The van der Waals surface area contributed by atoms with Gasteiger partial charge in [-0.15, -0.1) is 0 Å². The van der Waals surface area contributed by atoms with Crippen LogP contribution in [-0.2, 0) is 4.74 Å². The van der Waals surface area contributed by atoms with Gasteiger partial charge in [0.1, 0.15) is 6.10 Å². The number of esters is 1. The second kappa shape index (κ2) is 4.33. The SMILES string of the molecule is Nc1cc2ccccc2cc1C(=O)OC1CCC1. The van der Waals surface area contributed by atoms with E-state index in [1.165, 1.54) is 0 Å². The van der Waals surface area contributed by atoms with Crippen molar-refractivity contribution >= 4 is 22.4 Å². The second-order valence-corrected chi connectivity index (χ2v) is 4.74. The van der Waals surface area contributed by atoms with Crippen molar-refractivity contribution in [2.24, 2.45) is 0 Å². The molecule has 1 fully saturated rings. The summed E-state index contributed by atoms with van der Waals surface area (Å²) in [6.45, 7) is 0. The Morgan fingerprint density at radius 3 is 2.44 bits per heavy atom. The molecule has 3 heteroatoms. The van der Waals surface area contributed by atoms with E-state index in [9.17, 15) is 4.79 Å². The van der Waals surface area contributed by atoms with Crippen molar-refractivity contribution in [3.63, 3.8) is 0 Å². The van der Waals surface area contributed by atoms with Crippen molar-refractivity contribution in [3.05, 3.63) is 42.0 Å². The van der Waals surface area contributed by atoms with E-state index in [1.807, 2.05) is 36.4 Å². The highest BCUT2D eigenvalue weighted by Gasteiger charge is 2.23. The standard InChI is InChI=1S/C15H15NO2/c16-14-9-11-5-2-1-4-10(11)8-13(14)15(17)18-12-6-3-7-12/h1-2,4-5,8-9,12H,3,6-7,16H2. The first-order valence-electron chi connectivity index (χ1n) is 6.23. The molecular weight excluding hydrogens is 226 g/mol. The number of anilines is 1. The van der Waals surface area contributed by atoms with Crippen LogP contribution in [-0.4, -0.2) is 12.1 Å². The molecule has 3 rings (SSSR count). The van der Waals surface area contributed by atoms with Gasteiger partial charge in [-0.2, -0.15) is 0 Å². The minimum absolute atomic E-state index is 0.0865. The maximum absolute atomic E-state index is 12.0. The summed E-state index contributed by atoms with van der Waals surface area (Å²) < 4.78 is 5.38. The summed E-state index contributed by atoms with van der Waals surface area (Å²) in [6.07, 6.45) is 3.17. The Labute approximate surface area is 106 Å². The molecule has 18 heavy (non-hydrogen) atoms. The summed E-state index contributed by atoms with van der Waals surface area (Å²) in [7, 11) is 0. The lowest BCUT2D eigenvalue weighted by molar-refractivity contribution is 0.00915. The third-order valence-corrected chi connectivity index (χ3v) is 3.46. The van der Waals surface area contributed by atoms with Gasteiger partial charge in [0, 0.05) is 5.69 Å². The summed E-state index contributed by atoms with van der Waals surface area (Å²) in [5, 5.41) is 2.04. The molecule has 0 radical (unpaired) electrons. The number of rotatable bonds is 2. The number of ether oxygens (including phenoxy) is 1. The van der Waals surface area contributed by atoms with Crippen LogP contribution in [0.3, 0.4) is 0 Å². The molecule has 1 aliphatic carbocycles. The Kier molecular flexibility index (Phi) is 2.67. The first kappa shape index (κ1) is 11.1. The van der Waals surface area contributed by atoms with Gasteiger partial charge >= 0.3 is 5.97 Å². The number of nitrogens with two attached hydrogens (primary N) is 1. The Morgan fingerprint density at radius 1 is 1.17 bits per heavy atom. The average Bonchev–Trinajstić information content (AvgIpc) is 2.32. The maximum atomic E-state index is 12.0. The predicted molar refractivity (Wildman–Crippen MR) is 71.4 cm³/mol. The fourth-order valence-corrected chi connectivity index (χ4v) is 2.14. The number of benzene rings is 2. The first-order chi connectivity index (χ1) is 8.74. The Hall–Kier alpha value is -2.03. The summed E-state index contributed by atoms with van der Waals surface area (Å²) in [5.74, 6) is -0.303. The number of carbonyl (C=O) groups excluding carboxylic acids is 1. The molecule has 0 heterocycles. The topological polar surface area (TPSA) is 52.3 Å². The lowest BCUT2D eigenvalue weighted by Crippen LogP contribution is -2.25. The maximum Gasteiger partial charge on any atom is 0.340 e.